The molecule has 1 unspecified atom stereocenters. The third-order valence-electron chi connectivity index (χ3n) is 1.86. The Morgan fingerprint density at radius 1 is 1.21 bits per heavy atom. The van der Waals surface area contributed by atoms with E-state index >= 15 is 0 Å². The van der Waals surface area contributed by atoms with Crippen LogP contribution in [-0.4, -0.2) is 37.3 Å². The van der Waals surface area contributed by atoms with Crippen molar-refractivity contribution in [3.63, 3.8) is 0 Å². The molecule has 0 aliphatic rings. The summed E-state index contributed by atoms with van der Waals surface area (Å²) in [5.41, 5.74) is -2.10. The molecular formula is C8H18FLiO3S. The molecule has 0 spiro atoms. The summed E-state index contributed by atoms with van der Waals surface area (Å²) >= 11 is 0. The maximum atomic E-state index is 12.6. The second-order valence-electron chi connectivity index (χ2n) is 3.13. The van der Waals surface area contributed by atoms with Crippen molar-refractivity contribution >= 4 is 29.0 Å². The molecule has 0 heterocycles. The van der Waals surface area contributed by atoms with Crippen molar-refractivity contribution in [3.8, 4) is 0 Å². The molecular weight excluding hydrogens is 202 g/mol. The van der Waals surface area contributed by atoms with Gasteiger partial charge in [0.15, 0.2) is 0 Å². The first-order chi connectivity index (χ1) is 5.98. The number of halogens is 1. The van der Waals surface area contributed by atoms with Crippen molar-refractivity contribution < 1.29 is 17.4 Å². The van der Waals surface area contributed by atoms with Crippen LogP contribution in [0.15, 0.2) is 0 Å². The van der Waals surface area contributed by atoms with Crippen molar-refractivity contribution in [1.82, 2.24) is 0 Å². The molecule has 1 atom stereocenters. The van der Waals surface area contributed by atoms with Crippen LogP contribution in [0.2, 0.25) is 0 Å². The molecule has 82 valence electrons. The number of rotatable bonds is 7. The molecule has 0 rings (SSSR count). The van der Waals surface area contributed by atoms with Crippen LogP contribution in [0.1, 0.15) is 45.4 Å². The molecule has 0 aromatic rings. The van der Waals surface area contributed by atoms with Crippen LogP contribution in [-0.2, 0) is 10.1 Å². The summed E-state index contributed by atoms with van der Waals surface area (Å²) in [6, 6.07) is 0. The van der Waals surface area contributed by atoms with Crippen LogP contribution in [0.3, 0.4) is 0 Å². The van der Waals surface area contributed by atoms with E-state index in [0.717, 1.165) is 25.7 Å². The Balaban J connectivity index is 0. The first-order valence-corrected chi connectivity index (χ1v) is 6.09. The van der Waals surface area contributed by atoms with Crippen LogP contribution >= 0.6 is 0 Å². The van der Waals surface area contributed by atoms with E-state index in [1.54, 1.807) is 0 Å². The maximum absolute atomic E-state index is 12.6. The van der Waals surface area contributed by atoms with Gasteiger partial charge in [0, 0.05) is 0 Å². The van der Waals surface area contributed by atoms with Gasteiger partial charge in [-0.1, -0.05) is 32.6 Å². The topological polar surface area (TPSA) is 54.4 Å². The van der Waals surface area contributed by atoms with E-state index < -0.39 is 15.6 Å². The zero-order valence-corrected chi connectivity index (χ0v) is 8.69. The van der Waals surface area contributed by atoms with E-state index in [0.29, 0.717) is 6.42 Å². The molecule has 3 nitrogen and oxygen atoms in total. The third-order valence-corrected chi connectivity index (χ3v) is 2.74. The zero-order chi connectivity index (χ0) is 10.3. The van der Waals surface area contributed by atoms with E-state index in [1.165, 1.54) is 0 Å². The summed E-state index contributed by atoms with van der Waals surface area (Å²) in [5, 5.41) is 0. The van der Waals surface area contributed by atoms with Crippen molar-refractivity contribution in [2.24, 2.45) is 0 Å². The summed E-state index contributed by atoms with van der Waals surface area (Å²) in [6.07, 6.45) is 4.42. The number of alkyl halides is 1. The van der Waals surface area contributed by atoms with E-state index in [2.05, 4.69) is 6.92 Å². The first kappa shape index (κ1) is 16.9. The molecule has 0 aromatic carbocycles. The SMILES string of the molecule is CCCCCCCC(F)S(=O)(=O)O.[LiH]. The molecule has 0 saturated heterocycles. The van der Waals surface area contributed by atoms with Gasteiger partial charge >= 0.3 is 18.9 Å². The molecule has 0 fully saturated rings. The molecule has 0 aliphatic carbocycles. The van der Waals surface area contributed by atoms with Gasteiger partial charge in [-0.05, 0) is 12.8 Å². The fourth-order valence-corrected chi connectivity index (χ4v) is 1.52. The predicted octanol–water partition coefficient (Wildman–Crippen LogP) is 1.88. The van der Waals surface area contributed by atoms with E-state index in [4.69, 9.17) is 4.55 Å². The first-order valence-electron chi connectivity index (χ1n) is 4.59. The normalized spacial score (nSPS) is 13.4. The van der Waals surface area contributed by atoms with Gasteiger partial charge in [-0.15, -0.1) is 0 Å². The number of unbranched alkanes of at least 4 members (excludes halogenated alkanes) is 4. The number of hydrogen-bond donors (Lipinski definition) is 1. The molecule has 0 radical (unpaired) electrons. The quantitative estimate of drug-likeness (QED) is 0.405. The zero-order valence-electron chi connectivity index (χ0n) is 7.87. The van der Waals surface area contributed by atoms with Crippen LogP contribution in [0.5, 0.6) is 0 Å². The van der Waals surface area contributed by atoms with Crippen LogP contribution in [0.4, 0.5) is 4.39 Å². The Labute approximate surface area is 97.4 Å². The molecule has 6 heteroatoms. The van der Waals surface area contributed by atoms with Gasteiger partial charge in [0.1, 0.15) is 0 Å². The Kier molecular flexibility index (Phi) is 10.5. The van der Waals surface area contributed by atoms with Crippen molar-refractivity contribution in [3.05, 3.63) is 0 Å². The van der Waals surface area contributed by atoms with Crippen molar-refractivity contribution in [2.45, 2.75) is 51.0 Å². The van der Waals surface area contributed by atoms with E-state index in [1.807, 2.05) is 0 Å². The van der Waals surface area contributed by atoms with Crippen LogP contribution in [0, 0.1) is 0 Å². The minimum absolute atomic E-state index is 0. The van der Waals surface area contributed by atoms with Crippen LogP contribution in [0.25, 0.3) is 0 Å². The molecule has 0 amide bonds. The summed E-state index contributed by atoms with van der Waals surface area (Å²) in [6.45, 7) is 2.07. The van der Waals surface area contributed by atoms with Gasteiger partial charge in [-0.2, -0.15) is 8.42 Å². The van der Waals surface area contributed by atoms with Gasteiger partial charge in [-0.3, -0.25) is 4.55 Å². The van der Waals surface area contributed by atoms with Gasteiger partial charge in [-0.25, -0.2) is 4.39 Å². The van der Waals surface area contributed by atoms with Crippen molar-refractivity contribution in [2.75, 3.05) is 0 Å². The average molecular weight is 220 g/mol. The Morgan fingerprint density at radius 3 is 2.14 bits per heavy atom. The fraction of sp³-hybridized carbons (Fsp3) is 1.00. The van der Waals surface area contributed by atoms with Crippen LogP contribution < -0.4 is 0 Å². The molecule has 0 aromatic heterocycles. The average Bonchev–Trinajstić information content (AvgIpc) is 2.02. The monoisotopic (exact) mass is 220 g/mol. The molecule has 0 bridgehead atoms. The second-order valence-corrected chi connectivity index (χ2v) is 4.67. The molecule has 1 N–H and O–H groups in total. The standard InChI is InChI=1S/C8H17FO3S.Li.H/c1-2-3-4-5-6-7-8(9)13(10,11)12;;/h8H,2-7H2,1H3,(H,10,11,12);;. The third kappa shape index (κ3) is 9.01. The van der Waals surface area contributed by atoms with Gasteiger partial charge in [0.05, 0.1) is 0 Å². The second kappa shape index (κ2) is 8.72. The molecule has 0 aliphatic heterocycles. The van der Waals surface area contributed by atoms with Gasteiger partial charge in [0.2, 0.25) is 5.50 Å². The minimum atomic E-state index is -4.46. The summed E-state index contributed by atoms with van der Waals surface area (Å²) in [7, 11) is -4.46. The summed E-state index contributed by atoms with van der Waals surface area (Å²) in [5.74, 6) is 0. The van der Waals surface area contributed by atoms with Crippen molar-refractivity contribution in [1.29, 1.82) is 0 Å². The number of hydrogen-bond acceptors (Lipinski definition) is 2. The summed E-state index contributed by atoms with van der Waals surface area (Å²) < 4.78 is 41.3. The Bertz CT molecular complexity index is 219. The fourth-order valence-electron chi connectivity index (χ4n) is 1.06. The van der Waals surface area contributed by atoms with E-state index in [-0.39, 0.29) is 25.3 Å². The molecule has 14 heavy (non-hydrogen) atoms. The Morgan fingerprint density at radius 2 is 1.71 bits per heavy atom. The van der Waals surface area contributed by atoms with Gasteiger partial charge in [0.25, 0.3) is 10.1 Å². The predicted molar refractivity (Wildman–Crippen MR) is 57.0 cm³/mol. The Hall–Kier alpha value is 0.437. The summed E-state index contributed by atoms with van der Waals surface area (Å²) in [4.78, 5) is 0. The van der Waals surface area contributed by atoms with Gasteiger partial charge < -0.3 is 0 Å². The van der Waals surface area contributed by atoms with E-state index in [9.17, 15) is 12.8 Å². The molecule has 0 saturated carbocycles.